The smallest absolute Gasteiger partial charge is 0.223 e. The molecule has 3 aliphatic rings. The Hall–Kier alpha value is -1.43. The monoisotopic (exact) mass is 429 g/mol. The summed E-state index contributed by atoms with van der Waals surface area (Å²) in [4.78, 5) is 18.2. The Labute approximate surface area is 188 Å². The molecule has 174 valence electrons. The number of piperidine rings is 1. The van der Waals surface area contributed by atoms with Crippen molar-refractivity contribution in [3.63, 3.8) is 0 Å². The molecule has 6 nitrogen and oxygen atoms in total. The number of unbranched alkanes of at least 4 members (excludes halogenated alkanes) is 1. The molecule has 1 aliphatic carbocycles. The number of nitrogens with zero attached hydrogens (tertiary/aromatic N) is 5. The van der Waals surface area contributed by atoms with Crippen molar-refractivity contribution in [1.82, 2.24) is 24.6 Å². The van der Waals surface area contributed by atoms with Gasteiger partial charge in [-0.2, -0.15) is 0 Å². The van der Waals surface area contributed by atoms with Gasteiger partial charge in [0.05, 0.1) is 0 Å². The van der Waals surface area contributed by atoms with E-state index in [-0.39, 0.29) is 0 Å². The number of likely N-dealkylation sites (tertiary alicyclic amines) is 1. The molecule has 1 aromatic heterocycles. The SMILES string of the molecule is CCCCN(C(=O)CC1CCc2nnc(C3CCCC3)n2CC1)C1CCN(CC)CC1. The Balaban J connectivity index is 1.35. The van der Waals surface area contributed by atoms with Crippen molar-refractivity contribution in [3.05, 3.63) is 11.6 Å². The van der Waals surface area contributed by atoms with Crippen LogP contribution in [-0.4, -0.2) is 62.7 Å². The minimum Gasteiger partial charge on any atom is -0.340 e. The average Bonchev–Trinajstić information content (AvgIpc) is 3.42. The van der Waals surface area contributed by atoms with Crippen LogP contribution in [0, 0.1) is 5.92 Å². The summed E-state index contributed by atoms with van der Waals surface area (Å²) < 4.78 is 2.41. The van der Waals surface area contributed by atoms with E-state index in [1.807, 2.05) is 0 Å². The van der Waals surface area contributed by atoms with Crippen LogP contribution in [0.3, 0.4) is 0 Å². The highest BCUT2D eigenvalue weighted by Gasteiger charge is 2.31. The third-order valence-corrected chi connectivity index (χ3v) is 8.09. The van der Waals surface area contributed by atoms with Crippen molar-refractivity contribution in [3.8, 4) is 0 Å². The third-order valence-electron chi connectivity index (χ3n) is 8.09. The van der Waals surface area contributed by atoms with Crippen LogP contribution in [0.15, 0.2) is 0 Å². The van der Waals surface area contributed by atoms with Crippen LogP contribution in [0.1, 0.15) is 102 Å². The predicted octanol–water partition coefficient (Wildman–Crippen LogP) is 4.39. The topological polar surface area (TPSA) is 54.3 Å². The van der Waals surface area contributed by atoms with Crippen molar-refractivity contribution < 1.29 is 4.79 Å². The lowest BCUT2D eigenvalue weighted by Gasteiger charge is -2.39. The fraction of sp³-hybridized carbons (Fsp3) is 0.880. The van der Waals surface area contributed by atoms with E-state index in [9.17, 15) is 4.79 Å². The number of aromatic nitrogens is 3. The first kappa shape index (κ1) is 22.8. The van der Waals surface area contributed by atoms with Gasteiger partial charge in [0.15, 0.2) is 0 Å². The Kier molecular flexibility index (Phi) is 8.02. The van der Waals surface area contributed by atoms with E-state index in [2.05, 4.69) is 38.4 Å². The van der Waals surface area contributed by atoms with E-state index in [4.69, 9.17) is 0 Å². The zero-order valence-electron chi connectivity index (χ0n) is 19.9. The molecule has 0 aromatic carbocycles. The summed E-state index contributed by atoms with van der Waals surface area (Å²) in [5.41, 5.74) is 0. The Morgan fingerprint density at radius 2 is 1.77 bits per heavy atom. The van der Waals surface area contributed by atoms with E-state index in [1.54, 1.807) is 0 Å². The molecule has 2 fully saturated rings. The lowest BCUT2D eigenvalue weighted by atomic mass is 9.94. The number of amides is 1. The van der Waals surface area contributed by atoms with Gasteiger partial charge in [0.2, 0.25) is 5.91 Å². The second-order valence-corrected chi connectivity index (χ2v) is 10.1. The van der Waals surface area contributed by atoms with Crippen LogP contribution in [-0.2, 0) is 17.8 Å². The highest BCUT2D eigenvalue weighted by molar-refractivity contribution is 5.76. The molecule has 0 N–H and O–H groups in total. The maximum atomic E-state index is 13.4. The molecule has 3 heterocycles. The van der Waals surface area contributed by atoms with Crippen LogP contribution in [0.25, 0.3) is 0 Å². The van der Waals surface area contributed by atoms with E-state index in [1.165, 1.54) is 31.5 Å². The van der Waals surface area contributed by atoms with Crippen LogP contribution >= 0.6 is 0 Å². The molecule has 2 aliphatic heterocycles. The number of carbonyl (C=O) groups excluding carboxylic acids is 1. The molecule has 1 unspecified atom stereocenters. The van der Waals surface area contributed by atoms with Crippen LogP contribution in [0.5, 0.6) is 0 Å². The number of hydrogen-bond acceptors (Lipinski definition) is 4. The highest BCUT2D eigenvalue weighted by atomic mass is 16.2. The second kappa shape index (κ2) is 10.9. The standard InChI is InChI=1S/C25H43N5O/c1-3-5-15-29(22-13-16-28(4-2)17-14-22)24(31)19-20-10-11-23-26-27-25(30(23)18-12-20)21-8-6-7-9-21/h20-22H,3-19H2,1-2H3. The number of fused-ring (bicyclic) bond motifs is 1. The molecule has 1 saturated carbocycles. The summed E-state index contributed by atoms with van der Waals surface area (Å²) in [5, 5.41) is 9.13. The molecule has 1 amide bonds. The maximum Gasteiger partial charge on any atom is 0.223 e. The van der Waals surface area contributed by atoms with Crippen molar-refractivity contribution >= 4 is 5.91 Å². The summed E-state index contributed by atoms with van der Waals surface area (Å²) in [6.07, 6.45) is 13.6. The van der Waals surface area contributed by atoms with E-state index in [0.29, 0.717) is 30.2 Å². The lowest BCUT2D eigenvalue weighted by Crippen LogP contribution is -2.48. The lowest BCUT2D eigenvalue weighted by molar-refractivity contribution is -0.135. The molecule has 1 saturated heterocycles. The van der Waals surface area contributed by atoms with Gasteiger partial charge < -0.3 is 14.4 Å². The first-order valence-electron chi connectivity index (χ1n) is 13.1. The largest absolute Gasteiger partial charge is 0.340 e. The zero-order chi connectivity index (χ0) is 21.6. The molecule has 6 heteroatoms. The van der Waals surface area contributed by atoms with Crippen molar-refractivity contribution in [2.24, 2.45) is 5.92 Å². The Bertz CT molecular complexity index is 703. The number of hydrogen-bond donors (Lipinski definition) is 0. The average molecular weight is 430 g/mol. The van der Waals surface area contributed by atoms with Gasteiger partial charge in [-0.1, -0.05) is 33.1 Å². The molecule has 4 rings (SSSR count). The van der Waals surface area contributed by atoms with E-state index < -0.39 is 0 Å². The van der Waals surface area contributed by atoms with Gasteiger partial charge >= 0.3 is 0 Å². The summed E-state index contributed by atoms with van der Waals surface area (Å²) in [5.74, 6) is 3.88. The van der Waals surface area contributed by atoms with Gasteiger partial charge in [0, 0.05) is 51.0 Å². The van der Waals surface area contributed by atoms with Gasteiger partial charge in [-0.15, -0.1) is 10.2 Å². The molecule has 1 atom stereocenters. The van der Waals surface area contributed by atoms with Gasteiger partial charge in [0.1, 0.15) is 11.6 Å². The number of rotatable bonds is 8. The minimum atomic E-state index is 0.405. The molecule has 0 radical (unpaired) electrons. The van der Waals surface area contributed by atoms with E-state index in [0.717, 1.165) is 83.5 Å². The second-order valence-electron chi connectivity index (χ2n) is 10.1. The van der Waals surface area contributed by atoms with Gasteiger partial charge in [0.25, 0.3) is 0 Å². The van der Waals surface area contributed by atoms with Crippen LogP contribution in [0.4, 0.5) is 0 Å². The van der Waals surface area contributed by atoms with Gasteiger partial charge in [-0.25, -0.2) is 0 Å². The van der Waals surface area contributed by atoms with Crippen molar-refractivity contribution in [2.45, 2.75) is 109 Å². The van der Waals surface area contributed by atoms with Crippen LogP contribution < -0.4 is 0 Å². The number of carbonyl (C=O) groups is 1. The summed E-state index contributed by atoms with van der Waals surface area (Å²) >= 11 is 0. The normalized spacial score (nSPS) is 23.6. The summed E-state index contributed by atoms with van der Waals surface area (Å²) in [7, 11) is 0. The van der Waals surface area contributed by atoms with Gasteiger partial charge in [-0.05, 0) is 57.4 Å². The van der Waals surface area contributed by atoms with Crippen molar-refractivity contribution in [2.75, 3.05) is 26.2 Å². The fourth-order valence-corrected chi connectivity index (χ4v) is 6.01. The quantitative estimate of drug-likeness (QED) is 0.615. The van der Waals surface area contributed by atoms with E-state index >= 15 is 0 Å². The third kappa shape index (κ3) is 5.50. The highest BCUT2D eigenvalue weighted by Crippen LogP contribution is 2.35. The maximum absolute atomic E-state index is 13.4. The van der Waals surface area contributed by atoms with Crippen LogP contribution in [0.2, 0.25) is 0 Å². The van der Waals surface area contributed by atoms with Gasteiger partial charge in [-0.3, -0.25) is 4.79 Å². The summed E-state index contributed by atoms with van der Waals surface area (Å²) in [6.45, 7) is 9.81. The fourth-order valence-electron chi connectivity index (χ4n) is 6.01. The first-order chi connectivity index (χ1) is 15.2. The molecular weight excluding hydrogens is 386 g/mol. The molecular formula is C25H43N5O. The summed E-state index contributed by atoms with van der Waals surface area (Å²) in [6, 6.07) is 0.446. The molecule has 31 heavy (non-hydrogen) atoms. The predicted molar refractivity (Wildman–Crippen MR) is 124 cm³/mol. The first-order valence-corrected chi connectivity index (χ1v) is 13.1. The minimum absolute atomic E-state index is 0.405. The molecule has 0 spiro atoms. The Morgan fingerprint density at radius 1 is 1.00 bits per heavy atom. The molecule has 0 bridgehead atoms. The number of aryl methyl sites for hydroxylation is 1. The Morgan fingerprint density at radius 3 is 2.48 bits per heavy atom. The zero-order valence-corrected chi connectivity index (χ0v) is 19.9. The molecule has 1 aromatic rings. The van der Waals surface area contributed by atoms with Crippen molar-refractivity contribution in [1.29, 1.82) is 0 Å².